The third-order valence-electron chi connectivity index (χ3n) is 3.76. The van der Waals surface area contributed by atoms with Crippen LogP contribution in [-0.2, 0) is 14.0 Å². The maximum Gasteiger partial charge on any atom is 0.496 e. The van der Waals surface area contributed by atoms with Crippen molar-refractivity contribution in [1.82, 2.24) is 4.98 Å². The van der Waals surface area contributed by atoms with Crippen LogP contribution in [0.2, 0.25) is 0 Å². The van der Waals surface area contributed by atoms with E-state index in [4.69, 9.17) is 30.6 Å². The first-order chi connectivity index (χ1) is 9.62. The number of rotatable bonds is 2. The van der Waals surface area contributed by atoms with Crippen molar-refractivity contribution in [2.24, 2.45) is 5.73 Å². The Morgan fingerprint density at radius 2 is 1.76 bits per heavy atom. The molecule has 0 saturated carbocycles. The summed E-state index contributed by atoms with van der Waals surface area (Å²) in [7, 11) is -0.562. The normalized spacial score (nSPS) is 19.3. The van der Waals surface area contributed by atoms with Crippen LogP contribution in [0, 0.1) is 10.8 Å². The van der Waals surface area contributed by atoms with E-state index in [1.165, 1.54) is 6.20 Å². The minimum Gasteiger partial charge on any atom is -0.407 e. The Labute approximate surface area is 124 Å². The summed E-state index contributed by atoms with van der Waals surface area (Å²) in [5.41, 5.74) is 5.30. The molecule has 1 aromatic heterocycles. The van der Waals surface area contributed by atoms with Crippen LogP contribution in [0.1, 0.15) is 33.3 Å². The highest BCUT2D eigenvalue weighted by atomic mass is 16.7. The molecule has 0 unspecified atom stereocenters. The maximum atomic E-state index is 7.72. The Kier molecular flexibility index (Phi) is 3.77. The zero-order chi connectivity index (χ0) is 15.8. The van der Waals surface area contributed by atoms with E-state index in [9.17, 15) is 0 Å². The summed E-state index contributed by atoms with van der Waals surface area (Å²) in [6, 6.07) is 1.14. The Balaban J connectivity index is 2.23. The minimum absolute atomic E-state index is 0.242. The smallest absolute Gasteiger partial charge is 0.407 e. The number of nitrogens with zero attached hydrogens (tertiary/aromatic N) is 1. The van der Waals surface area contributed by atoms with Gasteiger partial charge in [0.25, 0.3) is 6.02 Å². The summed E-state index contributed by atoms with van der Waals surface area (Å²) in [5.74, 6) is -0.242. The van der Waals surface area contributed by atoms with Crippen molar-refractivity contribution < 1.29 is 14.0 Å². The lowest BCUT2D eigenvalue weighted by molar-refractivity contribution is 0.00578. The van der Waals surface area contributed by atoms with Gasteiger partial charge in [0.2, 0.25) is 5.90 Å². The van der Waals surface area contributed by atoms with Crippen LogP contribution in [-0.4, -0.2) is 35.2 Å². The van der Waals surface area contributed by atoms with Gasteiger partial charge in [-0.1, -0.05) is 0 Å². The quantitative estimate of drug-likeness (QED) is 0.419. The first kappa shape index (κ1) is 15.5. The molecule has 0 spiro atoms. The summed E-state index contributed by atoms with van der Waals surface area (Å²) < 4.78 is 16.6. The van der Waals surface area contributed by atoms with E-state index in [0.717, 1.165) is 0 Å². The van der Waals surface area contributed by atoms with Crippen molar-refractivity contribution in [2.75, 3.05) is 0 Å². The highest BCUT2D eigenvalue weighted by Crippen LogP contribution is 2.36. The molecular formula is C13H19BN4O3. The molecule has 2 heterocycles. The van der Waals surface area contributed by atoms with Crippen molar-refractivity contribution >= 4 is 24.5 Å². The van der Waals surface area contributed by atoms with E-state index in [0.29, 0.717) is 11.0 Å². The fourth-order valence-corrected chi connectivity index (χ4v) is 1.86. The van der Waals surface area contributed by atoms with Crippen molar-refractivity contribution in [2.45, 2.75) is 38.9 Å². The molecule has 112 valence electrons. The number of nitrogens with two attached hydrogens (primary N) is 1. The van der Waals surface area contributed by atoms with Crippen molar-refractivity contribution in [1.29, 1.82) is 10.8 Å². The lowest BCUT2D eigenvalue weighted by atomic mass is 9.80. The van der Waals surface area contributed by atoms with E-state index in [1.807, 2.05) is 27.7 Å². The van der Waals surface area contributed by atoms with Gasteiger partial charge in [-0.15, -0.1) is 0 Å². The molecule has 0 aliphatic carbocycles. The number of amidine groups is 1. The van der Waals surface area contributed by atoms with Gasteiger partial charge in [0.1, 0.15) is 0 Å². The molecule has 4 N–H and O–H groups in total. The molecule has 21 heavy (non-hydrogen) atoms. The van der Waals surface area contributed by atoms with Gasteiger partial charge in [0.05, 0.1) is 16.8 Å². The van der Waals surface area contributed by atoms with Crippen molar-refractivity contribution in [3.05, 3.63) is 24.0 Å². The Bertz CT molecular complexity index is 573. The van der Waals surface area contributed by atoms with Gasteiger partial charge in [0, 0.05) is 17.9 Å². The van der Waals surface area contributed by atoms with Crippen LogP contribution in [0.25, 0.3) is 0 Å². The second-order valence-corrected chi connectivity index (χ2v) is 5.89. The standard InChI is InChI=1S/C13H19BN4O3/c1-12(2)13(3,4)21-14(20-12)9-5-8(6-18-7-9)10(15)19-11(16)17/h5-7,15H,1-4H3,(H3,16,17). The zero-order valence-electron chi connectivity index (χ0n) is 12.6. The zero-order valence-corrected chi connectivity index (χ0v) is 12.6. The first-order valence-electron chi connectivity index (χ1n) is 6.54. The first-order valence-corrected chi connectivity index (χ1v) is 6.54. The SMILES string of the molecule is CC1(C)OB(c2cncc(C(=N)OC(=N)N)c2)OC1(C)C. The second-order valence-electron chi connectivity index (χ2n) is 5.89. The van der Waals surface area contributed by atoms with Crippen LogP contribution in [0.3, 0.4) is 0 Å². The fourth-order valence-electron chi connectivity index (χ4n) is 1.86. The van der Waals surface area contributed by atoms with Gasteiger partial charge >= 0.3 is 7.12 Å². The average Bonchev–Trinajstić information content (AvgIpc) is 2.58. The molecule has 0 bridgehead atoms. The fraction of sp³-hybridized carbons (Fsp3) is 0.462. The van der Waals surface area contributed by atoms with Gasteiger partial charge in [-0.3, -0.25) is 15.8 Å². The average molecular weight is 290 g/mol. The van der Waals surface area contributed by atoms with Crippen LogP contribution >= 0.6 is 0 Å². The van der Waals surface area contributed by atoms with Gasteiger partial charge < -0.3 is 19.8 Å². The molecule has 1 aliphatic rings. The molecular weight excluding hydrogens is 271 g/mol. The van der Waals surface area contributed by atoms with Gasteiger partial charge in [0.15, 0.2) is 0 Å². The number of nitrogens with one attached hydrogen (secondary N) is 2. The molecule has 0 atom stereocenters. The topological polar surface area (TPSA) is 114 Å². The highest BCUT2D eigenvalue weighted by Gasteiger charge is 2.51. The third kappa shape index (κ3) is 3.06. The molecule has 1 aromatic rings. The summed E-state index contributed by atoms with van der Waals surface area (Å²) in [6.07, 6.45) is 3.08. The Morgan fingerprint density at radius 3 is 2.29 bits per heavy atom. The van der Waals surface area contributed by atoms with E-state index in [1.54, 1.807) is 12.3 Å². The lowest BCUT2D eigenvalue weighted by Crippen LogP contribution is -2.41. The monoisotopic (exact) mass is 290 g/mol. The van der Waals surface area contributed by atoms with Gasteiger partial charge in [-0.2, -0.15) is 0 Å². The lowest BCUT2D eigenvalue weighted by Gasteiger charge is -2.32. The molecule has 0 amide bonds. The summed E-state index contributed by atoms with van der Waals surface area (Å²) >= 11 is 0. The van der Waals surface area contributed by atoms with E-state index in [2.05, 4.69) is 4.98 Å². The van der Waals surface area contributed by atoms with Crippen LogP contribution < -0.4 is 11.2 Å². The summed E-state index contributed by atoms with van der Waals surface area (Å²) in [6.45, 7) is 7.85. The number of pyridine rings is 1. The number of ether oxygens (including phenoxy) is 1. The number of hydrogen-bond acceptors (Lipinski definition) is 6. The minimum atomic E-state index is -0.562. The van der Waals surface area contributed by atoms with Crippen molar-refractivity contribution in [3.63, 3.8) is 0 Å². The van der Waals surface area contributed by atoms with E-state index < -0.39 is 24.3 Å². The molecule has 1 fully saturated rings. The Hall–Kier alpha value is -1.93. The summed E-state index contributed by atoms with van der Waals surface area (Å²) in [5, 5.41) is 14.8. The second kappa shape index (κ2) is 5.12. The predicted octanol–water partition coefficient (Wildman–Crippen LogP) is 0.616. The van der Waals surface area contributed by atoms with Gasteiger partial charge in [-0.25, -0.2) is 0 Å². The third-order valence-corrected chi connectivity index (χ3v) is 3.76. The van der Waals surface area contributed by atoms with Gasteiger partial charge in [-0.05, 0) is 33.8 Å². The number of aromatic nitrogens is 1. The van der Waals surface area contributed by atoms with E-state index >= 15 is 0 Å². The molecule has 0 aromatic carbocycles. The molecule has 7 nitrogen and oxygen atoms in total. The largest absolute Gasteiger partial charge is 0.496 e. The van der Waals surface area contributed by atoms with Crippen LogP contribution in [0.15, 0.2) is 18.5 Å². The number of hydrogen-bond donors (Lipinski definition) is 3. The predicted molar refractivity (Wildman–Crippen MR) is 79.8 cm³/mol. The highest BCUT2D eigenvalue weighted by molar-refractivity contribution is 6.62. The Morgan fingerprint density at radius 1 is 1.19 bits per heavy atom. The molecule has 1 aliphatic heterocycles. The molecule has 2 rings (SSSR count). The molecule has 0 radical (unpaired) electrons. The van der Waals surface area contributed by atoms with Crippen LogP contribution in [0.5, 0.6) is 0 Å². The molecule has 1 saturated heterocycles. The van der Waals surface area contributed by atoms with E-state index in [-0.39, 0.29) is 5.90 Å². The molecule has 8 heteroatoms. The maximum absolute atomic E-state index is 7.72. The van der Waals surface area contributed by atoms with Crippen molar-refractivity contribution in [3.8, 4) is 0 Å². The summed E-state index contributed by atoms with van der Waals surface area (Å²) in [4.78, 5) is 4.06. The van der Waals surface area contributed by atoms with Crippen LogP contribution in [0.4, 0.5) is 0 Å².